The number of nitrogens with two attached hydrogens (primary N) is 1. The molecule has 1 fully saturated rings. The smallest absolute Gasteiger partial charge is 0.290 e. The summed E-state index contributed by atoms with van der Waals surface area (Å²) in [5.74, 6) is -1.68. The molecular weight excluding hydrogens is 448 g/mol. The van der Waals surface area contributed by atoms with Gasteiger partial charge in [-0.1, -0.05) is 18.3 Å². The van der Waals surface area contributed by atoms with Crippen LogP contribution in [-0.4, -0.2) is 62.8 Å². The van der Waals surface area contributed by atoms with Crippen molar-refractivity contribution >= 4 is 35.2 Å². The highest BCUT2D eigenvalue weighted by molar-refractivity contribution is 7.08. The molecule has 1 aliphatic rings. The molecule has 2 aromatic heterocycles. The number of piperidine rings is 1. The Morgan fingerprint density at radius 1 is 1.33 bits per heavy atom. The van der Waals surface area contributed by atoms with Gasteiger partial charge in [-0.3, -0.25) is 19.2 Å². The first-order valence-corrected chi connectivity index (χ1v) is 11.5. The van der Waals surface area contributed by atoms with Gasteiger partial charge in [0, 0.05) is 12.6 Å². The van der Waals surface area contributed by atoms with Crippen LogP contribution in [0, 0.1) is 12.8 Å². The summed E-state index contributed by atoms with van der Waals surface area (Å²) in [5.41, 5.74) is 6.00. The number of furan rings is 1. The highest BCUT2D eigenvalue weighted by Gasteiger charge is 2.39. The van der Waals surface area contributed by atoms with Crippen LogP contribution in [0.2, 0.25) is 0 Å². The lowest BCUT2D eigenvalue weighted by atomic mass is 9.94. The van der Waals surface area contributed by atoms with E-state index in [0.29, 0.717) is 23.4 Å². The molecule has 4 amide bonds. The van der Waals surface area contributed by atoms with Crippen LogP contribution in [0.4, 0.5) is 0 Å². The molecule has 11 nitrogen and oxygen atoms in total. The maximum atomic E-state index is 13.2. The predicted molar refractivity (Wildman–Crippen MR) is 119 cm³/mol. The monoisotopic (exact) mass is 476 g/mol. The molecule has 3 unspecified atom stereocenters. The lowest BCUT2D eigenvalue weighted by molar-refractivity contribution is -0.131. The summed E-state index contributed by atoms with van der Waals surface area (Å²) >= 11 is 0.994. The average molecular weight is 477 g/mol. The minimum atomic E-state index is -0.920. The van der Waals surface area contributed by atoms with E-state index in [9.17, 15) is 19.2 Å². The van der Waals surface area contributed by atoms with Crippen molar-refractivity contribution in [2.75, 3.05) is 6.54 Å². The summed E-state index contributed by atoms with van der Waals surface area (Å²) in [6, 6.07) is 0.963. The summed E-state index contributed by atoms with van der Waals surface area (Å²) in [7, 11) is 0. The number of aromatic nitrogens is 2. The van der Waals surface area contributed by atoms with Crippen LogP contribution < -0.4 is 16.4 Å². The minimum Gasteiger partial charge on any atom is -0.459 e. The zero-order chi connectivity index (χ0) is 24.1. The number of nitrogens with zero attached hydrogens (tertiary/aromatic N) is 3. The molecule has 4 N–H and O–H groups in total. The van der Waals surface area contributed by atoms with Gasteiger partial charge in [-0.15, -0.1) is 5.10 Å². The number of aryl methyl sites for hydroxylation is 1. The van der Waals surface area contributed by atoms with Crippen LogP contribution >= 0.6 is 11.5 Å². The van der Waals surface area contributed by atoms with Crippen LogP contribution in [0.5, 0.6) is 0 Å². The normalized spacial score (nSPS) is 19.2. The second-order valence-corrected chi connectivity index (χ2v) is 9.22. The molecule has 0 bridgehead atoms. The molecule has 0 spiro atoms. The summed E-state index contributed by atoms with van der Waals surface area (Å²) in [6.07, 6.45) is 2.37. The molecule has 0 radical (unpaired) electrons. The van der Waals surface area contributed by atoms with Crippen molar-refractivity contribution in [3.8, 4) is 0 Å². The molecule has 0 saturated carbocycles. The summed E-state index contributed by atoms with van der Waals surface area (Å²) < 4.78 is 9.00. The Balaban J connectivity index is 1.78. The minimum absolute atomic E-state index is 0.107. The van der Waals surface area contributed by atoms with Crippen LogP contribution in [0.15, 0.2) is 22.8 Å². The maximum Gasteiger partial charge on any atom is 0.290 e. The van der Waals surface area contributed by atoms with Gasteiger partial charge in [0.05, 0.1) is 12.0 Å². The van der Waals surface area contributed by atoms with Crippen LogP contribution in [0.3, 0.4) is 0 Å². The first-order valence-electron chi connectivity index (χ1n) is 10.7. The quantitative estimate of drug-likeness (QED) is 0.509. The van der Waals surface area contributed by atoms with Gasteiger partial charge >= 0.3 is 0 Å². The van der Waals surface area contributed by atoms with Gasteiger partial charge in [0.1, 0.15) is 17.0 Å². The van der Waals surface area contributed by atoms with Crippen molar-refractivity contribution in [1.29, 1.82) is 0 Å². The Hall–Kier alpha value is -3.28. The molecule has 3 rings (SSSR count). The number of amides is 4. The van der Waals surface area contributed by atoms with Crippen molar-refractivity contribution in [3.05, 3.63) is 34.7 Å². The van der Waals surface area contributed by atoms with Crippen molar-refractivity contribution in [1.82, 2.24) is 25.1 Å². The Bertz CT molecular complexity index is 1000. The fourth-order valence-corrected chi connectivity index (χ4v) is 4.37. The van der Waals surface area contributed by atoms with E-state index in [-0.39, 0.29) is 36.6 Å². The number of hydrogen-bond acceptors (Lipinski definition) is 8. The van der Waals surface area contributed by atoms with Crippen LogP contribution in [0.25, 0.3) is 0 Å². The van der Waals surface area contributed by atoms with Gasteiger partial charge in [0.25, 0.3) is 11.8 Å². The topological polar surface area (TPSA) is 161 Å². The largest absolute Gasteiger partial charge is 0.459 e. The van der Waals surface area contributed by atoms with Gasteiger partial charge in [-0.05, 0) is 55.8 Å². The fraction of sp³-hybridized carbons (Fsp3) is 0.524. The van der Waals surface area contributed by atoms with Crippen molar-refractivity contribution in [3.63, 3.8) is 0 Å². The van der Waals surface area contributed by atoms with Crippen LogP contribution in [0.1, 0.15) is 59.0 Å². The van der Waals surface area contributed by atoms with Crippen molar-refractivity contribution < 1.29 is 23.6 Å². The third-order valence-corrected chi connectivity index (χ3v) is 6.28. The molecule has 1 aliphatic heterocycles. The SMILES string of the molecule is Cc1nnsc1C(=O)NC1CCN(C(=O)c2ccco2)C(C(=O)NC(CC(C)C)C(N)=O)C1. The number of primary amides is 1. The Labute approximate surface area is 195 Å². The summed E-state index contributed by atoms with van der Waals surface area (Å²) in [4.78, 5) is 52.5. The van der Waals surface area contributed by atoms with Gasteiger partial charge in [0.2, 0.25) is 11.8 Å². The zero-order valence-electron chi connectivity index (χ0n) is 18.7. The Morgan fingerprint density at radius 2 is 2.09 bits per heavy atom. The highest BCUT2D eigenvalue weighted by atomic mass is 32.1. The number of likely N-dealkylation sites (tertiary alicyclic amines) is 1. The standard InChI is InChI=1S/C21H28N6O5S/c1-11(2)9-14(18(22)28)24-19(29)15-10-13(23-20(30)17-12(3)25-26-33-17)6-7-27(15)21(31)16-5-4-8-32-16/h4-5,8,11,13-15H,6-7,9-10H2,1-3H3,(H2,22,28)(H,23,30)(H,24,29). The first-order chi connectivity index (χ1) is 15.7. The Kier molecular flexibility index (Phi) is 7.79. The second-order valence-electron chi connectivity index (χ2n) is 8.47. The maximum absolute atomic E-state index is 13.2. The van der Waals surface area contributed by atoms with E-state index in [1.165, 1.54) is 17.2 Å². The molecule has 2 aromatic rings. The van der Waals surface area contributed by atoms with Crippen molar-refractivity contribution in [2.24, 2.45) is 11.7 Å². The molecule has 1 saturated heterocycles. The van der Waals surface area contributed by atoms with E-state index in [2.05, 4.69) is 20.2 Å². The summed E-state index contributed by atoms with van der Waals surface area (Å²) in [5, 5.41) is 9.44. The number of carbonyl (C=O) groups is 4. The van der Waals surface area contributed by atoms with Gasteiger partial charge in [-0.25, -0.2) is 0 Å². The van der Waals surface area contributed by atoms with Gasteiger partial charge in [-0.2, -0.15) is 0 Å². The number of nitrogens with one attached hydrogen (secondary N) is 2. The third-order valence-electron chi connectivity index (χ3n) is 5.46. The van der Waals surface area contributed by atoms with E-state index >= 15 is 0 Å². The van der Waals surface area contributed by atoms with E-state index in [4.69, 9.17) is 10.2 Å². The molecular formula is C21H28N6O5S. The molecule has 3 atom stereocenters. The average Bonchev–Trinajstić information content (AvgIpc) is 3.44. The summed E-state index contributed by atoms with van der Waals surface area (Å²) in [6.45, 7) is 5.74. The fourth-order valence-electron chi connectivity index (χ4n) is 3.81. The van der Waals surface area contributed by atoms with E-state index in [1.54, 1.807) is 13.0 Å². The van der Waals surface area contributed by atoms with E-state index in [1.807, 2.05) is 13.8 Å². The first kappa shape index (κ1) is 24.4. The number of rotatable bonds is 8. The van der Waals surface area contributed by atoms with Gasteiger partial charge < -0.3 is 25.7 Å². The van der Waals surface area contributed by atoms with Crippen LogP contribution in [-0.2, 0) is 9.59 Å². The zero-order valence-corrected chi connectivity index (χ0v) is 19.6. The Morgan fingerprint density at radius 3 is 2.67 bits per heavy atom. The molecule has 33 heavy (non-hydrogen) atoms. The van der Waals surface area contributed by atoms with E-state index < -0.39 is 29.8 Å². The third kappa shape index (κ3) is 5.95. The molecule has 3 heterocycles. The second kappa shape index (κ2) is 10.6. The number of hydrogen-bond donors (Lipinski definition) is 3. The van der Waals surface area contributed by atoms with Gasteiger partial charge in [0.15, 0.2) is 5.76 Å². The predicted octanol–water partition coefficient (Wildman–Crippen LogP) is 0.859. The molecule has 0 aliphatic carbocycles. The lowest BCUT2D eigenvalue weighted by Gasteiger charge is -2.38. The van der Waals surface area contributed by atoms with Crippen molar-refractivity contribution in [2.45, 2.75) is 58.2 Å². The molecule has 12 heteroatoms. The molecule has 0 aromatic carbocycles. The lowest BCUT2D eigenvalue weighted by Crippen LogP contribution is -2.59. The number of carbonyl (C=O) groups excluding carboxylic acids is 4. The van der Waals surface area contributed by atoms with E-state index in [0.717, 1.165) is 11.5 Å². The molecule has 178 valence electrons. The highest BCUT2D eigenvalue weighted by Crippen LogP contribution is 2.22.